The van der Waals surface area contributed by atoms with Crippen LogP contribution in [0.1, 0.15) is 16.1 Å². The molecule has 98 valence electrons. The van der Waals surface area contributed by atoms with Crippen LogP contribution in [-0.4, -0.2) is 5.78 Å². The maximum Gasteiger partial charge on any atom is 3.00 e. The number of halogens is 2. The molecule has 1 aromatic heterocycles. The van der Waals surface area contributed by atoms with E-state index in [1.807, 2.05) is 6.07 Å². The number of rotatable bonds is 2. The van der Waals surface area contributed by atoms with Gasteiger partial charge in [-0.3, -0.25) is 4.79 Å². The zero-order chi connectivity index (χ0) is 10.8. The van der Waals surface area contributed by atoms with Crippen molar-refractivity contribution < 1.29 is 24.9 Å². The van der Waals surface area contributed by atoms with Crippen molar-refractivity contribution >= 4 is 37.6 Å². The van der Waals surface area contributed by atoms with Crippen molar-refractivity contribution in [2.45, 2.75) is 0 Å². The molecule has 0 saturated carbocycles. The van der Waals surface area contributed by atoms with Crippen molar-refractivity contribution in [2.24, 2.45) is 0 Å². The van der Waals surface area contributed by atoms with Crippen LogP contribution in [0.5, 0.6) is 0 Å². The van der Waals surface area contributed by atoms with Crippen LogP contribution in [0.2, 0.25) is 0 Å². The third-order valence-corrected chi connectivity index (χ3v) is 2.83. The molecule has 0 fully saturated rings. The fourth-order valence-corrected chi connectivity index (χ4v) is 2.56. The molecule has 0 radical (unpaired) electrons. The first-order chi connectivity index (χ1) is 7.16. The number of ketones is 1. The predicted molar refractivity (Wildman–Crippen MR) is 76.7 cm³/mol. The van der Waals surface area contributed by atoms with E-state index in [0.29, 0.717) is 11.3 Å². The van der Waals surface area contributed by atoms with Crippen molar-refractivity contribution in [3.63, 3.8) is 0 Å². The summed E-state index contributed by atoms with van der Waals surface area (Å²) in [5.74, 6) is -0.0676. The average molecular weight is 551 g/mol. The molecule has 18 heavy (non-hydrogen) atoms. The minimum atomic E-state index is -0.0676. The predicted octanol–water partition coefficient (Wildman–Crippen LogP) is 4.56. The Balaban J connectivity index is 0. The van der Waals surface area contributed by atoms with E-state index in [-0.39, 0.29) is 39.5 Å². The summed E-state index contributed by atoms with van der Waals surface area (Å²) in [5, 5.41) is 0. The topological polar surface area (TPSA) is 64.7 Å². The Morgan fingerprint density at radius 3 is 2.11 bits per heavy atom. The molecule has 2 N–H and O–H groups in total. The van der Waals surface area contributed by atoms with E-state index in [9.17, 15) is 4.79 Å². The SMILES string of the molecule is O=C(c1cc(Br)cc(Br)c1)c1ccc[n-]1.[CH3-].[Ir+3].[NH2-]. The fraction of sp³-hybridized carbons (Fsp3) is 0. The van der Waals surface area contributed by atoms with E-state index in [1.165, 1.54) is 0 Å². The van der Waals surface area contributed by atoms with Gasteiger partial charge >= 0.3 is 20.1 Å². The van der Waals surface area contributed by atoms with Gasteiger partial charge in [-0.1, -0.05) is 49.7 Å². The first-order valence-electron chi connectivity index (χ1n) is 4.25. The molecule has 0 unspecified atom stereocenters. The number of hydrogen-bond acceptors (Lipinski definition) is 1. The minimum absolute atomic E-state index is 0. The number of nitrogens with two attached hydrogens (primary N) is 1. The quantitative estimate of drug-likeness (QED) is 0.406. The Kier molecular flexibility index (Phi) is 9.78. The van der Waals surface area contributed by atoms with Crippen molar-refractivity contribution in [3.05, 3.63) is 70.3 Å². The minimum Gasteiger partial charge on any atom is -0.693 e. The number of hydrogen-bond donors (Lipinski definition) is 0. The van der Waals surface area contributed by atoms with E-state index < -0.39 is 0 Å². The van der Waals surface area contributed by atoms with Crippen LogP contribution >= 0.6 is 31.9 Å². The molecule has 0 saturated heterocycles. The summed E-state index contributed by atoms with van der Waals surface area (Å²) >= 11 is 6.68. The van der Waals surface area contributed by atoms with E-state index >= 15 is 0 Å². The Labute approximate surface area is 137 Å². The number of carbonyl (C=O) groups is 1. The number of benzene rings is 1. The zero-order valence-electron chi connectivity index (χ0n) is 9.49. The van der Waals surface area contributed by atoms with Crippen LogP contribution in [0.3, 0.4) is 0 Å². The van der Waals surface area contributed by atoms with Gasteiger partial charge in [0.2, 0.25) is 0 Å². The van der Waals surface area contributed by atoms with Gasteiger partial charge in [-0.05, 0) is 18.2 Å². The molecule has 1 heterocycles. The molecule has 0 aliphatic carbocycles. The summed E-state index contributed by atoms with van der Waals surface area (Å²) in [6.45, 7) is 0. The molecule has 0 amide bonds. The van der Waals surface area contributed by atoms with Gasteiger partial charge in [-0.2, -0.15) is 6.20 Å². The molecule has 3 nitrogen and oxygen atoms in total. The summed E-state index contributed by atoms with van der Waals surface area (Å²) in [7, 11) is 0. The molecule has 0 aliphatic heterocycles. The summed E-state index contributed by atoms with van der Waals surface area (Å²) < 4.78 is 1.73. The second kappa shape index (κ2) is 8.77. The van der Waals surface area contributed by atoms with Crippen molar-refractivity contribution in [3.8, 4) is 0 Å². The van der Waals surface area contributed by atoms with Crippen LogP contribution in [0.15, 0.2) is 45.5 Å². The number of nitrogens with zero attached hydrogens (tertiary/aromatic N) is 1. The number of carbonyl (C=O) groups excluding carboxylic acids is 1. The normalized spacial score (nSPS) is 8.56. The van der Waals surface area contributed by atoms with Crippen LogP contribution in [0.4, 0.5) is 0 Å². The van der Waals surface area contributed by atoms with Crippen LogP contribution in [0, 0.1) is 7.43 Å². The molecular weight excluding hydrogens is 540 g/mol. The van der Waals surface area contributed by atoms with E-state index in [4.69, 9.17) is 0 Å². The summed E-state index contributed by atoms with van der Waals surface area (Å²) in [6, 6.07) is 8.90. The number of aromatic nitrogens is 1. The first kappa shape index (κ1) is 20.1. The summed E-state index contributed by atoms with van der Waals surface area (Å²) in [4.78, 5) is 15.9. The molecular formula is C12H11Br2IrN2O. The third-order valence-electron chi connectivity index (χ3n) is 1.91. The molecule has 1 aromatic carbocycles. The van der Waals surface area contributed by atoms with Gasteiger partial charge < -0.3 is 18.6 Å². The van der Waals surface area contributed by atoms with Gasteiger partial charge in [-0.15, -0.1) is 0 Å². The second-order valence-electron chi connectivity index (χ2n) is 3.01. The maximum absolute atomic E-state index is 11.9. The molecule has 0 spiro atoms. The Bertz CT molecular complexity index is 481. The Hall–Kier alpha value is -0.261. The van der Waals surface area contributed by atoms with Crippen molar-refractivity contribution in [1.29, 1.82) is 0 Å². The average Bonchev–Trinajstić information content (AvgIpc) is 2.67. The van der Waals surface area contributed by atoms with E-state index in [0.717, 1.165) is 8.95 Å². The maximum atomic E-state index is 11.9. The molecule has 2 rings (SSSR count). The standard InChI is InChI=1S/C11H7Br2NO.CH3.Ir.H2N/c12-8-4-7(5-9(13)6-8)11(15)10-2-1-3-14-10;;;/h1-6H,(H,14,15);1H3;;1H2/q;-1;+3;-1/p-1. The van der Waals surface area contributed by atoms with Crippen LogP contribution in [0.25, 0.3) is 6.15 Å². The van der Waals surface area contributed by atoms with Gasteiger partial charge in [0.25, 0.3) is 0 Å². The smallest absolute Gasteiger partial charge is 0.693 e. The summed E-state index contributed by atoms with van der Waals surface area (Å²) in [5.41, 5.74) is 1.09. The zero-order valence-corrected chi connectivity index (χ0v) is 15.1. The third kappa shape index (κ3) is 4.78. The molecule has 0 bridgehead atoms. The molecule has 0 aliphatic rings. The molecule has 0 atom stereocenters. The Morgan fingerprint density at radius 1 is 1.11 bits per heavy atom. The van der Waals surface area contributed by atoms with E-state index in [2.05, 4.69) is 36.8 Å². The van der Waals surface area contributed by atoms with E-state index in [1.54, 1.807) is 30.5 Å². The fourth-order valence-electron chi connectivity index (χ4n) is 1.27. The van der Waals surface area contributed by atoms with Crippen LogP contribution in [-0.2, 0) is 20.1 Å². The first-order valence-corrected chi connectivity index (χ1v) is 5.84. The second-order valence-corrected chi connectivity index (χ2v) is 4.84. The van der Waals surface area contributed by atoms with Crippen molar-refractivity contribution in [2.75, 3.05) is 0 Å². The van der Waals surface area contributed by atoms with Gasteiger partial charge in [-0.25, -0.2) is 0 Å². The van der Waals surface area contributed by atoms with Gasteiger partial charge in [0.05, 0.1) is 0 Å². The monoisotopic (exact) mass is 550 g/mol. The summed E-state index contributed by atoms with van der Waals surface area (Å²) in [6.07, 6.45) is 1.61. The molecule has 6 heteroatoms. The van der Waals surface area contributed by atoms with Gasteiger partial charge in [0.1, 0.15) is 0 Å². The molecule has 2 aromatic rings. The van der Waals surface area contributed by atoms with Gasteiger partial charge in [0, 0.05) is 14.5 Å². The largest absolute Gasteiger partial charge is 3.00 e. The van der Waals surface area contributed by atoms with Crippen molar-refractivity contribution in [1.82, 2.24) is 4.98 Å². The van der Waals surface area contributed by atoms with Crippen LogP contribution < -0.4 is 4.98 Å². The Morgan fingerprint density at radius 2 is 1.67 bits per heavy atom. The van der Waals surface area contributed by atoms with Gasteiger partial charge in [0.15, 0.2) is 5.78 Å².